The zero-order valence-corrected chi connectivity index (χ0v) is 10.2. The number of aliphatic hydroxyl groups is 1. The molecular formula is C11H12BrN3O. The normalized spacial score (nSPS) is 10.6. The first-order valence-electron chi connectivity index (χ1n) is 4.91. The summed E-state index contributed by atoms with van der Waals surface area (Å²) >= 11 is 3.43. The number of halogens is 1. The van der Waals surface area contributed by atoms with Crippen LogP contribution in [0.3, 0.4) is 0 Å². The second-order valence-corrected chi connectivity index (χ2v) is 4.23. The molecule has 2 aromatic rings. The van der Waals surface area contributed by atoms with E-state index in [0.717, 1.165) is 21.1 Å². The van der Waals surface area contributed by atoms with Gasteiger partial charge in [-0.1, -0.05) is 12.1 Å². The van der Waals surface area contributed by atoms with E-state index in [0.29, 0.717) is 12.2 Å². The molecule has 4 nitrogen and oxygen atoms in total. The van der Waals surface area contributed by atoms with Gasteiger partial charge in [0.1, 0.15) is 5.82 Å². The number of aromatic nitrogens is 1. The van der Waals surface area contributed by atoms with Gasteiger partial charge in [0, 0.05) is 33.7 Å². The van der Waals surface area contributed by atoms with Crippen molar-refractivity contribution in [1.82, 2.24) is 4.98 Å². The van der Waals surface area contributed by atoms with Gasteiger partial charge >= 0.3 is 0 Å². The Kier molecular flexibility index (Phi) is 3.26. The maximum atomic E-state index is 8.78. The molecule has 0 fully saturated rings. The molecule has 1 aromatic heterocycles. The number of nitrogen functional groups attached to an aromatic ring is 1. The quantitative estimate of drug-likeness (QED) is 0.753. The summed E-state index contributed by atoms with van der Waals surface area (Å²) in [5.74, 6) is 0.736. The second-order valence-electron chi connectivity index (χ2n) is 3.37. The topological polar surface area (TPSA) is 71.2 Å². The lowest BCUT2D eigenvalue weighted by atomic mass is 10.1. The standard InChI is InChI=1S/C11H12BrN3O/c12-8-6-15-11(14-4-5-16)7-2-1-3-9(13)10(7)8/h1-3,6,16H,4-5,13H2,(H,14,15). The van der Waals surface area contributed by atoms with E-state index in [-0.39, 0.29) is 6.61 Å². The minimum Gasteiger partial charge on any atom is -0.398 e. The van der Waals surface area contributed by atoms with Crippen LogP contribution in [0.5, 0.6) is 0 Å². The molecule has 0 bridgehead atoms. The van der Waals surface area contributed by atoms with Crippen LogP contribution in [0.25, 0.3) is 10.8 Å². The van der Waals surface area contributed by atoms with E-state index in [9.17, 15) is 0 Å². The fraction of sp³-hybridized carbons (Fsp3) is 0.182. The Bertz CT molecular complexity index is 508. The van der Waals surface area contributed by atoms with Gasteiger partial charge in [0.15, 0.2) is 0 Å². The van der Waals surface area contributed by atoms with Crippen molar-refractivity contribution in [2.24, 2.45) is 0 Å². The summed E-state index contributed by atoms with van der Waals surface area (Å²) in [7, 11) is 0. The van der Waals surface area contributed by atoms with Gasteiger partial charge in [-0.15, -0.1) is 0 Å². The second kappa shape index (κ2) is 4.67. The molecule has 0 amide bonds. The van der Waals surface area contributed by atoms with Gasteiger partial charge in [0.05, 0.1) is 6.61 Å². The van der Waals surface area contributed by atoms with E-state index >= 15 is 0 Å². The van der Waals surface area contributed by atoms with E-state index in [1.54, 1.807) is 6.20 Å². The molecule has 0 saturated heterocycles. The Labute approximate surface area is 102 Å². The molecular weight excluding hydrogens is 270 g/mol. The Morgan fingerprint density at radius 2 is 2.25 bits per heavy atom. The zero-order valence-electron chi connectivity index (χ0n) is 8.57. The van der Waals surface area contributed by atoms with Gasteiger partial charge in [-0.25, -0.2) is 4.98 Å². The Hall–Kier alpha value is -1.33. The molecule has 0 unspecified atom stereocenters. The average molecular weight is 282 g/mol. The van der Waals surface area contributed by atoms with Crippen molar-refractivity contribution in [3.63, 3.8) is 0 Å². The van der Waals surface area contributed by atoms with Gasteiger partial charge in [-0.05, 0) is 22.0 Å². The van der Waals surface area contributed by atoms with Crippen LogP contribution in [0, 0.1) is 0 Å². The van der Waals surface area contributed by atoms with Crippen LogP contribution in [0.4, 0.5) is 11.5 Å². The van der Waals surface area contributed by atoms with Crippen LogP contribution in [0.2, 0.25) is 0 Å². The van der Waals surface area contributed by atoms with Crippen molar-refractivity contribution >= 4 is 38.2 Å². The lowest BCUT2D eigenvalue weighted by Crippen LogP contribution is -2.07. The molecule has 0 saturated carbocycles. The molecule has 16 heavy (non-hydrogen) atoms. The summed E-state index contributed by atoms with van der Waals surface area (Å²) in [5.41, 5.74) is 6.63. The first kappa shape index (κ1) is 11.2. The number of fused-ring (bicyclic) bond motifs is 1. The van der Waals surface area contributed by atoms with Crippen LogP contribution in [-0.2, 0) is 0 Å². The number of hydrogen-bond donors (Lipinski definition) is 3. The molecule has 5 heteroatoms. The summed E-state index contributed by atoms with van der Waals surface area (Å²) in [6, 6.07) is 5.68. The molecule has 4 N–H and O–H groups in total. The zero-order chi connectivity index (χ0) is 11.5. The van der Waals surface area contributed by atoms with E-state index in [2.05, 4.69) is 26.2 Å². The van der Waals surface area contributed by atoms with E-state index in [1.165, 1.54) is 0 Å². The lowest BCUT2D eigenvalue weighted by Gasteiger charge is -2.10. The molecule has 0 aliphatic carbocycles. The lowest BCUT2D eigenvalue weighted by molar-refractivity contribution is 0.311. The largest absolute Gasteiger partial charge is 0.398 e. The number of nitrogens with two attached hydrogens (primary N) is 1. The molecule has 0 atom stereocenters. The number of aliphatic hydroxyl groups excluding tert-OH is 1. The van der Waals surface area contributed by atoms with Gasteiger partial charge < -0.3 is 16.2 Å². The molecule has 84 valence electrons. The number of nitrogens with one attached hydrogen (secondary N) is 1. The van der Waals surface area contributed by atoms with E-state index in [1.807, 2.05) is 18.2 Å². The molecule has 0 aliphatic heterocycles. The number of rotatable bonds is 3. The number of pyridine rings is 1. The minimum atomic E-state index is 0.0710. The molecule has 1 aromatic carbocycles. The number of hydrogen-bond acceptors (Lipinski definition) is 4. The highest BCUT2D eigenvalue weighted by atomic mass is 79.9. The van der Waals surface area contributed by atoms with E-state index in [4.69, 9.17) is 10.8 Å². The van der Waals surface area contributed by atoms with Crippen LogP contribution >= 0.6 is 15.9 Å². The predicted molar refractivity (Wildman–Crippen MR) is 69.4 cm³/mol. The van der Waals surface area contributed by atoms with Gasteiger partial charge in [0.25, 0.3) is 0 Å². The Balaban J connectivity index is 2.60. The van der Waals surface area contributed by atoms with Crippen molar-refractivity contribution in [1.29, 1.82) is 0 Å². The van der Waals surface area contributed by atoms with Crippen molar-refractivity contribution < 1.29 is 5.11 Å². The van der Waals surface area contributed by atoms with E-state index < -0.39 is 0 Å². The number of anilines is 2. The van der Waals surface area contributed by atoms with Gasteiger partial charge in [0.2, 0.25) is 0 Å². The summed E-state index contributed by atoms with van der Waals surface area (Å²) in [6.07, 6.45) is 1.71. The Morgan fingerprint density at radius 3 is 3.00 bits per heavy atom. The van der Waals surface area contributed by atoms with Crippen molar-refractivity contribution in [3.05, 3.63) is 28.9 Å². The smallest absolute Gasteiger partial charge is 0.134 e. The monoisotopic (exact) mass is 281 g/mol. The Morgan fingerprint density at radius 1 is 1.44 bits per heavy atom. The summed E-state index contributed by atoms with van der Waals surface area (Å²) in [6.45, 7) is 0.542. The average Bonchev–Trinajstić information content (AvgIpc) is 2.28. The molecule has 0 radical (unpaired) electrons. The van der Waals surface area contributed by atoms with Crippen molar-refractivity contribution in [3.8, 4) is 0 Å². The highest BCUT2D eigenvalue weighted by molar-refractivity contribution is 9.10. The van der Waals surface area contributed by atoms with Crippen LogP contribution < -0.4 is 11.1 Å². The van der Waals surface area contributed by atoms with Gasteiger partial charge in [-0.3, -0.25) is 0 Å². The van der Waals surface area contributed by atoms with Crippen molar-refractivity contribution in [2.75, 3.05) is 24.2 Å². The summed E-state index contributed by atoms with van der Waals surface area (Å²) < 4.78 is 0.871. The molecule has 1 heterocycles. The maximum absolute atomic E-state index is 8.78. The summed E-state index contributed by atoms with van der Waals surface area (Å²) in [5, 5.41) is 13.7. The highest BCUT2D eigenvalue weighted by Crippen LogP contribution is 2.32. The van der Waals surface area contributed by atoms with Crippen LogP contribution in [0.15, 0.2) is 28.9 Å². The summed E-state index contributed by atoms with van der Waals surface area (Å²) in [4.78, 5) is 4.26. The SMILES string of the molecule is Nc1cccc2c(NCCO)ncc(Br)c12. The molecule has 2 rings (SSSR count). The highest BCUT2D eigenvalue weighted by Gasteiger charge is 2.07. The van der Waals surface area contributed by atoms with Crippen LogP contribution in [0.1, 0.15) is 0 Å². The first-order valence-corrected chi connectivity index (χ1v) is 5.70. The maximum Gasteiger partial charge on any atom is 0.134 e. The minimum absolute atomic E-state index is 0.0710. The number of benzene rings is 1. The van der Waals surface area contributed by atoms with Gasteiger partial charge in [-0.2, -0.15) is 0 Å². The predicted octanol–water partition coefficient (Wildman–Crippen LogP) is 1.98. The third-order valence-electron chi connectivity index (χ3n) is 2.30. The fourth-order valence-electron chi connectivity index (χ4n) is 1.60. The third kappa shape index (κ3) is 1.96. The van der Waals surface area contributed by atoms with Crippen molar-refractivity contribution in [2.45, 2.75) is 0 Å². The van der Waals surface area contributed by atoms with Crippen LogP contribution in [-0.4, -0.2) is 23.2 Å². The molecule has 0 spiro atoms. The number of nitrogens with zero attached hydrogens (tertiary/aromatic N) is 1. The third-order valence-corrected chi connectivity index (χ3v) is 2.90. The fourth-order valence-corrected chi connectivity index (χ4v) is 2.15. The molecule has 0 aliphatic rings. The first-order chi connectivity index (χ1) is 7.74.